The molecule has 0 heterocycles. The third-order valence-corrected chi connectivity index (χ3v) is 4.12. The van der Waals surface area contributed by atoms with Crippen molar-refractivity contribution in [1.29, 1.82) is 0 Å². The van der Waals surface area contributed by atoms with Crippen LogP contribution in [0.3, 0.4) is 0 Å². The van der Waals surface area contributed by atoms with E-state index in [1.807, 2.05) is 13.8 Å². The molecule has 2 N–H and O–H groups in total. The summed E-state index contributed by atoms with van der Waals surface area (Å²) in [6.45, 7) is 9.33. The van der Waals surface area contributed by atoms with Gasteiger partial charge >= 0.3 is 5.97 Å². The molecular weight excluding hydrogens is 320 g/mol. The Balaban J connectivity index is 3.78. The van der Waals surface area contributed by atoms with Gasteiger partial charge in [0.2, 0.25) is 0 Å². The summed E-state index contributed by atoms with van der Waals surface area (Å²) in [4.78, 5) is 23.3. The van der Waals surface area contributed by atoms with Crippen LogP contribution in [-0.2, 0) is 16.0 Å². The van der Waals surface area contributed by atoms with Gasteiger partial charge in [0.1, 0.15) is 0 Å². The van der Waals surface area contributed by atoms with Crippen molar-refractivity contribution < 1.29 is 24.5 Å². The maximum atomic E-state index is 12.1. The van der Waals surface area contributed by atoms with Crippen molar-refractivity contribution in [3.8, 4) is 11.5 Å². The van der Waals surface area contributed by atoms with Gasteiger partial charge in [-0.3, -0.25) is 4.79 Å². The lowest BCUT2D eigenvalue weighted by Gasteiger charge is -2.21. The van der Waals surface area contributed by atoms with Crippen molar-refractivity contribution in [3.63, 3.8) is 0 Å². The predicted octanol–water partition coefficient (Wildman–Crippen LogP) is 4.17. The molecule has 0 spiro atoms. The van der Waals surface area contributed by atoms with Crippen molar-refractivity contribution in [2.75, 3.05) is 7.11 Å². The molecule has 138 valence electrons. The number of carboxylic acid groups (broad SMARTS) is 1. The summed E-state index contributed by atoms with van der Waals surface area (Å²) in [7, 11) is 1.47. The van der Waals surface area contributed by atoms with E-state index in [0.29, 0.717) is 34.8 Å². The molecule has 0 fully saturated rings. The molecule has 0 aliphatic heterocycles. The first kappa shape index (κ1) is 20.7. The Labute approximate surface area is 149 Å². The van der Waals surface area contributed by atoms with Crippen molar-refractivity contribution in [1.82, 2.24) is 0 Å². The summed E-state index contributed by atoms with van der Waals surface area (Å²) in [5.41, 5.74) is 1.93. The minimum atomic E-state index is -1.18. The number of allylic oxidation sites excluding steroid dienone is 1. The van der Waals surface area contributed by atoms with Gasteiger partial charge in [0, 0.05) is 22.8 Å². The molecule has 0 saturated carbocycles. The molecule has 0 atom stereocenters. The molecule has 1 rings (SSSR count). The van der Waals surface area contributed by atoms with Gasteiger partial charge in [0.25, 0.3) is 0 Å². The van der Waals surface area contributed by atoms with Crippen LogP contribution in [0.25, 0.3) is 5.57 Å². The SMILES string of the molecule is COc1c(O)c(C(C)C)cc(C(=CC(=O)O)C(C)=O)c1CCC(C)C. The second-order valence-electron chi connectivity index (χ2n) is 6.91. The number of Topliss-reactive ketones (excluding diaryl/α,β-unsaturated/α-hetero) is 1. The minimum absolute atomic E-state index is 0.00941. The molecular formula is C20H28O5. The lowest BCUT2D eigenvalue weighted by Crippen LogP contribution is -2.08. The number of ether oxygens (including phenoxy) is 1. The number of phenolic OH excluding ortho intramolecular Hbond substituents is 1. The number of rotatable bonds is 8. The summed E-state index contributed by atoms with van der Waals surface area (Å²) in [5.74, 6) is -0.745. The van der Waals surface area contributed by atoms with E-state index < -0.39 is 5.97 Å². The number of aromatic hydroxyl groups is 1. The van der Waals surface area contributed by atoms with Gasteiger partial charge in [-0.2, -0.15) is 0 Å². The summed E-state index contributed by atoms with van der Waals surface area (Å²) in [5, 5.41) is 19.7. The van der Waals surface area contributed by atoms with Crippen molar-refractivity contribution >= 4 is 17.3 Å². The highest BCUT2D eigenvalue weighted by molar-refractivity contribution is 6.23. The number of carbonyl (C=O) groups excluding carboxylic acids is 1. The van der Waals surface area contributed by atoms with Gasteiger partial charge in [0.05, 0.1) is 7.11 Å². The molecule has 0 saturated heterocycles. The maximum absolute atomic E-state index is 12.1. The summed E-state index contributed by atoms with van der Waals surface area (Å²) < 4.78 is 5.44. The Hall–Kier alpha value is -2.30. The average Bonchev–Trinajstić information content (AvgIpc) is 2.49. The fourth-order valence-corrected chi connectivity index (χ4v) is 2.78. The smallest absolute Gasteiger partial charge is 0.329 e. The third kappa shape index (κ3) is 5.08. The lowest BCUT2D eigenvalue weighted by molar-refractivity contribution is -0.131. The van der Waals surface area contributed by atoms with Gasteiger partial charge in [-0.15, -0.1) is 0 Å². The van der Waals surface area contributed by atoms with Gasteiger partial charge in [-0.1, -0.05) is 27.7 Å². The molecule has 5 heteroatoms. The molecule has 5 nitrogen and oxygen atoms in total. The van der Waals surface area contributed by atoms with E-state index in [4.69, 9.17) is 9.84 Å². The first-order chi connectivity index (χ1) is 11.6. The lowest BCUT2D eigenvalue weighted by atomic mass is 9.87. The van der Waals surface area contributed by atoms with Crippen molar-refractivity contribution in [2.45, 2.75) is 53.4 Å². The summed E-state index contributed by atoms with van der Waals surface area (Å²) >= 11 is 0. The molecule has 0 amide bonds. The zero-order valence-electron chi connectivity index (χ0n) is 15.8. The number of carbonyl (C=O) groups is 2. The second kappa shape index (κ2) is 8.70. The number of hydrogen-bond donors (Lipinski definition) is 2. The van der Waals surface area contributed by atoms with Crippen LogP contribution in [0.15, 0.2) is 12.1 Å². The number of ketones is 1. The van der Waals surface area contributed by atoms with Crippen LogP contribution < -0.4 is 4.74 Å². The van der Waals surface area contributed by atoms with E-state index in [1.54, 1.807) is 6.07 Å². The molecule has 0 bridgehead atoms. The van der Waals surface area contributed by atoms with E-state index in [1.165, 1.54) is 14.0 Å². The quantitative estimate of drug-likeness (QED) is 0.689. The Morgan fingerprint density at radius 2 is 1.84 bits per heavy atom. The zero-order chi connectivity index (χ0) is 19.3. The highest BCUT2D eigenvalue weighted by Gasteiger charge is 2.24. The number of benzene rings is 1. The maximum Gasteiger partial charge on any atom is 0.329 e. The number of carboxylic acids is 1. The Kier molecular flexibility index (Phi) is 7.22. The Morgan fingerprint density at radius 1 is 1.24 bits per heavy atom. The van der Waals surface area contributed by atoms with Gasteiger partial charge in [-0.25, -0.2) is 4.79 Å². The molecule has 0 aliphatic carbocycles. The fourth-order valence-electron chi connectivity index (χ4n) is 2.78. The number of aliphatic carboxylic acids is 1. The van der Waals surface area contributed by atoms with Crippen LogP contribution in [0, 0.1) is 5.92 Å². The molecule has 1 aromatic carbocycles. The van der Waals surface area contributed by atoms with Crippen LogP contribution >= 0.6 is 0 Å². The van der Waals surface area contributed by atoms with Gasteiger partial charge in [-0.05, 0) is 43.2 Å². The monoisotopic (exact) mass is 348 g/mol. The second-order valence-corrected chi connectivity index (χ2v) is 6.91. The highest BCUT2D eigenvalue weighted by atomic mass is 16.5. The van der Waals surface area contributed by atoms with Gasteiger partial charge in [0.15, 0.2) is 17.3 Å². The van der Waals surface area contributed by atoms with Crippen LogP contribution in [0.5, 0.6) is 11.5 Å². The first-order valence-corrected chi connectivity index (χ1v) is 8.48. The van der Waals surface area contributed by atoms with Crippen LogP contribution in [0.2, 0.25) is 0 Å². The molecule has 0 radical (unpaired) electrons. The number of methoxy groups -OCH3 is 1. The highest BCUT2D eigenvalue weighted by Crippen LogP contribution is 2.42. The predicted molar refractivity (Wildman–Crippen MR) is 98.2 cm³/mol. The largest absolute Gasteiger partial charge is 0.504 e. The average molecular weight is 348 g/mol. The summed E-state index contributed by atoms with van der Waals surface area (Å²) in [6, 6.07) is 1.72. The molecule has 25 heavy (non-hydrogen) atoms. The van der Waals surface area contributed by atoms with Gasteiger partial charge < -0.3 is 14.9 Å². The Morgan fingerprint density at radius 3 is 2.24 bits per heavy atom. The molecule has 0 unspecified atom stereocenters. The normalized spacial score (nSPS) is 11.9. The van der Waals surface area contributed by atoms with E-state index in [2.05, 4.69) is 13.8 Å². The Bertz CT molecular complexity index is 684. The van der Waals surface area contributed by atoms with E-state index in [9.17, 15) is 14.7 Å². The topological polar surface area (TPSA) is 83.8 Å². The minimum Gasteiger partial charge on any atom is -0.504 e. The standard InChI is InChI=1S/C20H28O5/c1-11(2)7-8-14-17(16(13(5)21)10-18(22)23)9-15(12(3)4)19(24)20(14)25-6/h9-12,24H,7-8H2,1-6H3,(H,22,23). The van der Waals surface area contributed by atoms with Crippen LogP contribution in [0.4, 0.5) is 0 Å². The fraction of sp³-hybridized carbons (Fsp3) is 0.500. The van der Waals surface area contributed by atoms with E-state index >= 15 is 0 Å². The number of hydrogen-bond acceptors (Lipinski definition) is 4. The zero-order valence-corrected chi connectivity index (χ0v) is 15.8. The molecule has 0 aliphatic rings. The van der Waals surface area contributed by atoms with Crippen molar-refractivity contribution in [2.24, 2.45) is 5.92 Å². The van der Waals surface area contributed by atoms with Crippen LogP contribution in [-0.4, -0.2) is 29.1 Å². The van der Waals surface area contributed by atoms with Crippen molar-refractivity contribution in [3.05, 3.63) is 28.8 Å². The number of phenols is 1. The third-order valence-electron chi connectivity index (χ3n) is 4.12. The first-order valence-electron chi connectivity index (χ1n) is 8.48. The summed E-state index contributed by atoms with van der Waals surface area (Å²) in [6.07, 6.45) is 2.32. The molecule has 0 aromatic heterocycles. The molecule has 1 aromatic rings. The van der Waals surface area contributed by atoms with E-state index in [-0.39, 0.29) is 23.0 Å². The van der Waals surface area contributed by atoms with E-state index in [0.717, 1.165) is 12.5 Å². The van der Waals surface area contributed by atoms with Crippen LogP contribution in [0.1, 0.15) is 63.6 Å².